The lowest BCUT2D eigenvalue weighted by Crippen LogP contribution is -2.29. The molecule has 0 bridgehead atoms. The van der Waals surface area contributed by atoms with Crippen LogP contribution in [-0.4, -0.2) is 18.9 Å². The van der Waals surface area contributed by atoms with Crippen molar-refractivity contribution in [1.29, 1.82) is 0 Å². The molecule has 1 heterocycles. The van der Waals surface area contributed by atoms with E-state index in [4.69, 9.17) is 0 Å². The van der Waals surface area contributed by atoms with E-state index >= 15 is 0 Å². The normalized spacial score (nSPS) is 11.0. The third kappa shape index (κ3) is 5.19. The van der Waals surface area contributed by atoms with Crippen LogP contribution in [0, 0.1) is 0 Å². The van der Waals surface area contributed by atoms with Crippen LogP contribution in [0.25, 0.3) is 0 Å². The zero-order valence-corrected chi connectivity index (χ0v) is 18.3. The van der Waals surface area contributed by atoms with E-state index in [0.717, 1.165) is 5.56 Å². The highest BCUT2D eigenvalue weighted by Gasteiger charge is 2.18. The van der Waals surface area contributed by atoms with E-state index in [2.05, 4.69) is 10.0 Å². The molecule has 7 nitrogen and oxygen atoms in total. The number of para-hydroxylation sites is 2. The molecule has 1 amide bonds. The average Bonchev–Trinajstić information content (AvgIpc) is 2.83. The van der Waals surface area contributed by atoms with Crippen molar-refractivity contribution in [2.45, 2.75) is 11.4 Å². The summed E-state index contributed by atoms with van der Waals surface area (Å²) in [6, 6.07) is 26.8. The molecular formula is C25H21N3O4S. The number of amides is 1. The Balaban J connectivity index is 1.58. The maximum Gasteiger partial charge on any atom is 0.263 e. The molecule has 8 heteroatoms. The molecule has 0 fully saturated rings. The zero-order valence-electron chi connectivity index (χ0n) is 17.5. The number of rotatable bonds is 7. The van der Waals surface area contributed by atoms with Crippen molar-refractivity contribution >= 4 is 27.3 Å². The lowest BCUT2D eigenvalue weighted by molar-refractivity contribution is 0.102. The lowest BCUT2D eigenvalue weighted by Gasteiger charge is -2.14. The van der Waals surface area contributed by atoms with E-state index in [9.17, 15) is 18.0 Å². The van der Waals surface area contributed by atoms with Crippen LogP contribution in [0.3, 0.4) is 0 Å². The van der Waals surface area contributed by atoms with Gasteiger partial charge in [0.25, 0.3) is 21.5 Å². The van der Waals surface area contributed by atoms with Crippen LogP contribution in [0.15, 0.2) is 113 Å². The summed E-state index contributed by atoms with van der Waals surface area (Å²) in [5.74, 6) is -0.631. The van der Waals surface area contributed by atoms with Gasteiger partial charge in [0, 0.05) is 6.20 Å². The highest BCUT2D eigenvalue weighted by Crippen LogP contribution is 2.24. The molecule has 33 heavy (non-hydrogen) atoms. The van der Waals surface area contributed by atoms with Gasteiger partial charge in [0.1, 0.15) is 5.56 Å². The van der Waals surface area contributed by atoms with Crippen LogP contribution in [0.4, 0.5) is 11.4 Å². The molecule has 0 spiro atoms. The molecule has 4 aromatic rings. The van der Waals surface area contributed by atoms with Gasteiger partial charge in [0.05, 0.1) is 22.8 Å². The molecule has 1 aromatic heterocycles. The van der Waals surface area contributed by atoms with Gasteiger partial charge in [-0.05, 0) is 42.0 Å². The summed E-state index contributed by atoms with van der Waals surface area (Å²) >= 11 is 0. The zero-order chi connectivity index (χ0) is 23.3. The Kier molecular flexibility index (Phi) is 6.37. The fourth-order valence-corrected chi connectivity index (χ4v) is 4.39. The Hall–Kier alpha value is -4.17. The first-order chi connectivity index (χ1) is 15.9. The quantitative estimate of drug-likeness (QED) is 0.437. The van der Waals surface area contributed by atoms with Crippen molar-refractivity contribution in [2.24, 2.45) is 0 Å². The molecule has 3 aromatic carbocycles. The summed E-state index contributed by atoms with van der Waals surface area (Å²) in [4.78, 5) is 25.9. The second-order valence-electron chi connectivity index (χ2n) is 7.26. The molecular weight excluding hydrogens is 438 g/mol. The number of carbonyl (C=O) groups excluding carboxylic acids is 1. The summed E-state index contributed by atoms with van der Waals surface area (Å²) in [5.41, 5.74) is 0.864. The van der Waals surface area contributed by atoms with E-state index in [-0.39, 0.29) is 21.8 Å². The molecule has 166 valence electrons. The minimum Gasteiger partial charge on any atom is -0.320 e. The Bertz CT molecular complexity index is 1430. The van der Waals surface area contributed by atoms with E-state index < -0.39 is 21.5 Å². The van der Waals surface area contributed by atoms with Gasteiger partial charge in [-0.25, -0.2) is 8.42 Å². The fourth-order valence-electron chi connectivity index (χ4n) is 3.29. The number of hydrogen-bond acceptors (Lipinski definition) is 4. The Morgan fingerprint density at radius 1 is 0.758 bits per heavy atom. The van der Waals surface area contributed by atoms with Crippen molar-refractivity contribution < 1.29 is 13.2 Å². The average molecular weight is 460 g/mol. The minimum atomic E-state index is -3.85. The van der Waals surface area contributed by atoms with Crippen molar-refractivity contribution in [2.75, 3.05) is 10.0 Å². The molecule has 0 saturated carbocycles. The molecule has 0 radical (unpaired) electrons. The Morgan fingerprint density at radius 3 is 2.06 bits per heavy atom. The fraction of sp³-hybridized carbons (Fsp3) is 0.0400. The van der Waals surface area contributed by atoms with Gasteiger partial charge in [-0.15, -0.1) is 0 Å². The van der Waals surface area contributed by atoms with Crippen LogP contribution in [0.1, 0.15) is 15.9 Å². The number of anilines is 2. The van der Waals surface area contributed by atoms with Gasteiger partial charge in [-0.2, -0.15) is 0 Å². The van der Waals surface area contributed by atoms with Crippen LogP contribution < -0.4 is 15.6 Å². The van der Waals surface area contributed by atoms with Gasteiger partial charge in [-0.1, -0.05) is 60.7 Å². The van der Waals surface area contributed by atoms with E-state index in [1.54, 1.807) is 48.7 Å². The number of pyridine rings is 1. The summed E-state index contributed by atoms with van der Waals surface area (Å²) in [6.07, 6.45) is 1.62. The standard InChI is InChI=1S/C25H21N3O4S/c29-24(21-14-9-17-28(25(21)30)18-19-10-3-1-4-11-19)26-22-15-7-8-16-23(22)27-33(31,32)20-12-5-2-6-13-20/h1-17,27H,18H2,(H,26,29). The van der Waals surface area contributed by atoms with Crippen LogP contribution in [0.5, 0.6) is 0 Å². The molecule has 0 unspecified atom stereocenters. The second kappa shape index (κ2) is 9.54. The number of sulfonamides is 1. The van der Waals surface area contributed by atoms with Crippen molar-refractivity contribution in [3.63, 3.8) is 0 Å². The van der Waals surface area contributed by atoms with Crippen LogP contribution in [-0.2, 0) is 16.6 Å². The van der Waals surface area contributed by atoms with E-state index in [1.807, 2.05) is 30.3 Å². The third-order valence-electron chi connectivity index (χ3n) is 4.93. The summed E-state index contributed by atoms with van der Waals surface area (Å²) < 4.78 is 29.4. The third-order valence-corrected chi connectivity index (χ3v) is 6.32. The molecule has 4 rings (SSSR count). The molecule has 0 atom stereocenters. The summed E-state index contributed by atoms with van der Waals surface area (Å²) in [7, 11) is -3.85. The number of aromatic nitrogens is 1. The highest BCUT2D eigenvalue weighted by molar-refractivity contribution is 7.92. The van der Waals surface area contributed by atoms with E-state index in [0.29, 0.717) is 6.54 Å². The van der Waals surface area contributed by atoms with Crippen molar-refractivity contribution in [3.8, 4) is 0 Å². The summed E-state index contributed by atoms with van der Waals surface area (Å²) in [5, 5.41) is 2.65. The lowest BCUT2D eigenvalue weighted by atomic mass is 10.2. The predicted octanol–water partition coefficient (Wildman–Crippen LogP) is 3.95. The Morgan fingerprint density at radius 2 is 1.36 bits per heavy atom. The monoisotopic (exact) mass is 459 g/mol. The maximum absolute atomic E-state index is 12.9. The molecule has 0 aliphatic rings. The van der Waals surface area contributed by atoms with Crippen LogP contribution in [0.2, 0.25) is 0 Å². The smallest absolute Gasteiger partial charge is 0.263 e. The van der Waals surface area contributed by atoms with E-state index in [1.165, 1.54) is 28.8 Å². The number of nitrogens with one attached hydrogen (secondary N) is 2. The summed E-state index contributed by atoms with van der Waals surface area (Å²) in [6.45, 7) is 0.328. The van der Waals surface area contributed by atoms with Gasteiger partial charge < -0.3 is 9.88 Å². The number of benzene rings is 3. The first kappa shape index (κ1) is 22.0. The largest absolute Gasteiger partial charge is 0.320 e. The van der Waals surface area contributed by atoms with Gasteiger partial charge >= 0.3 is 0 Å². The molecule has 0 aliphatic heterocycles. The molecule has 0 aliphatic carbocycles. The Labute approximate surface area is 191 Å². The maximum atomic E-state index is 12.9. The predicted molar refractivity (Wildman–Crippen MR) is 128 cm³/mol. The molecule has 0 saturated heterocycles. The van der Waals surface area contributed by atoms with Gasteiger partial charge in [0.15, 0.2) is 0 Å². The minimum absolute atomic E-state index is 0.0471. The van der Waals surface area contributed by atoms with Crippen molar-refractivity contribution in [3.05, 3.63) is 125 Å². The topological polar surface area (TPSA) is 97.3 Å². The second-order valence-corrected chi connectivity index (χ2v) is 8.94. The number of carbonyl (C=O) groups is 1. The number of hydrogen-bond donors (Lipinski definition) is 2. The number of nitrogens with zero attached hydrogens (tertiary/aromatic N) is 1. The van der Waals surface area contributed by atoms with Crippen LogP contribution >= 0.6 is 0 Å². The SMILES string of the molecule is O=C(Nc1ccccc1NS(=O)(=O)c1ccccc1)c1cccn(Cc2ccccc2)c1=O. The first-order valence-electron chi connectivity index (χ1n) is 10.2. The first-order valence-corrected chi connectivity index (χ1v) is 11.6. The van der Waals surface area contributed by atoms with Gasteiger partial charge in [-0.3, -0.25) is 14.3 Å². The van der Waals surface area contributed by atoms with Gasteiger partial charge in [0.2, 0.25) is 0 Å². The highest BCUT2D eigenvalue weighted by atomic mass is 32.2. The molecule has 2 N–H and O–H groups in total. The van der Waals surface area contributed by atoms with Crippen molar-refractivity contribution in [1.82, 2.24) is 4.57 Å².